The predicted octanol–water partition coefficient (Wildman–Crippen LogP) is 3.27. The average molecular weight is 530 g/mol. The van der Waals surface area contributed by atoms with Crippen LogP contribution in [0.25, 0.3) is 0 Å². The minimum absolute atomic E-state index is 0. The zero-order valence-corrected chi connectivity index (χ0v) is 21.3. The molecule has 8 nitrogen and oxygen atoms in total. The molecule has 1 heterocycles. The molecule has 0 aliphatic rings. The number of nitrogens with one attached hydrogen (secondary N) is 1. The minimum Gasteiger partial charge on any atom is -0.493 e. The van der Waals surface area contributed by atoms with Crippen LogP contribution in [0.3, 0.4) is 0 Å². The van der Waals surface area contributed by atoms with Crippen molar-refractivity contribution in [1.82, 2.24) is 25.0 Å². The zero-order chi connectivity index (χ0) is 21.2. The van der Waals surface area contributed by atoms with Crippen molar-refractivity contribution in [1.29, 1.82) is 0 Å². The van der Waals surface area contributed by atoms with Gasteiger partial charge in [-0.3, -0.25) is 4.99 Å². The number of aliphatic imine (C=N–C) groups is 1. The van der Waals surface area contributed by atoms with Gasteiger partial charge < -0.3 is 24.3 Å². The van der Waals surface area contributed by atoms with E-state index in [1.54, 1.807) is 20.5 Å². The largest absolute Gasteiger partial charge is 0.493 e. The lowest BCUT2D eigenvalue weighted by atomic mass is 10.1. The SMILES string of the molecule is CCCN=C(NCCn1cnnc1CC)N(C)Cc1cc(OC)c(OC)cc1C.I. The van der Waals surface area contributed by atoms with E-state index in [-0.39, 0.29) is 24.0 Å². The molecule has 2 aromatic rings. The molecule has 168 valence electrons. The van der Waals surface area contributed by atoms with Gasteiger partial charge in [0.2, 0.25) is 0 Å². The van der Waals surface area contributed by atoms with Gasteiger partial charge in [0.15, 0.2) is 17.5 Å². The molecule has 0 aliphatic carbocycles. The molecule has 0 bridgehead atoms. The minimum atomic E-state index is 0. The number of benzene rings is 1. The number of rotatable bonds is 10. The Morgan fingerprint density at radius 2 is 1.90 bits per heavy atom. The van der Waals surface area contributed by atoms with Crippen LogP contribution < -0.4 is 14.8 Å². The normalized spacial score (nSPS) is 11.1. The van der Waals surface area contributed by atoms with Crippen molar-refractivity contribution in [2.75, 3.05) is 34.4 Å². The average Bonchev–Trinajstić information content (AvgIpc) is 3.18. The summed E-state index contributed by atoms with van der Waals surface area (Å²) in [6.07, 6.45) is 3.65. The third-order valence-corrected chi connectivity index (χ3v) is 4.74. The van der Waals surface area contributed by atoms with Crippen molar-refractivity contribution < 1.29 is 9.47 Å². The molecule has 0 aliphatic heterocycles. The van der Waals surface area contributed by atoms with Gasteiger partial charge in [0.1, 0.15) is 12.2 Å². The fraction of sp³-hybridized carbons (Fsp3) is 0.571. The van der Waals surface area contributed by atoms with Crippen molar-refractivity contribution in [3.8, 4) is 11.5 Å². The molecule has 0 saturated heterocycles. The molecule has 2 rings (SSSR count). The molecule has 0 fully saturated rings. The second-order valence-electron chi connectivity index (χ2n) is 6.92. The highest BCUT2D eigenvalue weighted by molar-refractivity contribution is 14.0. The van der Waals surface area contributed by atoms with E-state index < -0.39 is 0 Å². The molecule has 0 atom stereocenters. The number of hydrogen-bond acceptors (Lipinski definition) is 5. The van der Waals surface area contributed by atoms with Crippen LogP contribution in [0.5, 0.6) is 11.5 Å². The molecular formula is C21H35IN6O2. The van der Waals surface area contributed by atoms with Crippen molar-refractivity contribution in [2.24, 2.45) is 4.99 Å². The van der Waals surface area contributed by atoms with E-state index in [9.17, 15) is 0 Å². The number of hydrogen-bond donors (Lipinski definition) is 1. The Labute approximate surface area is 197 Å². The first-order chi connectivity index (χ1) is 14.0. The molecule has 0 unspecified atom stereocenters. The highest BCUT2D eigenvalue weighted by Gasteiger charge is 2.13. The van der Waals surface area contributed by atoms with Gasteiger partial charge in [-0.25, -0.2) is 0 Å². The molecule has 0 spiro atoms. The zero-order valence-electron chi connectivity index (χ0n) is 18.9. The van der Waals surface area contributed by atoms with Crippen LogP contribution in [-0.4, -0.2) is 60.0 Å². The molecule has 30 heavy (non-hydrogen) atoms. The van der Waals surface area contributed by atoms with E-state index in [1.165, 1.54) is 5.56 Å². The molecule has 1 aromatic heterocycles. The number of ether oxygens (including phenoxy) is 2. The van der Waals surface area contributed by atoms with Crippen LogP contribution in [0, 0.1) is 6.92 Å². The van der Waals surface area contributed by atoms with E-state index in [2.05, 4.69) is 45.8 Å². The number of methoxy groups -OCH3 is 2. The van der Waals surface area contributed by atoms with Gasteiger partial charge in [-0.1, -0.05) is 13.8 Å². The highest BCUT2D eigenvalue weighted by Crippen LogP contribution is 2.30. The smallest absolute Gasteiger partial charge is 0.194 e. The summed E-state index contributed by atoms with van der Waals surface area (Å²) in [6, 6.07) is 4.05. The summed E-state index contributed by atoms with van der Waals surface area (Å²) in [7, 11) is 5.36. The second kappa shape index (κ2) is 13.3. The van der Waals surface area contributed by atoms with Gasteiger partial charge in [0, 0.05) is 39.6 Å². The van der Waals surface area contributed by atoms with Crippen LogP contribution in [0.1, 0.15) is 37.2 Å². The highest BCUT2D eigenvalue weighted by atomic mass is 127. The molecule has 1 aromatic carbocycles. The van der Waals surface area contributed by atoms with Crippen molar-refractivity contribution in [3.05, 3.63) is 35.4 Å². The van der Waals surface area contributed by atoms with Crippen LogP contribution >= 0.6 is 24.0 Å². The summed E-state index contributed by atoms with van der Waals surface area (Å²) in [4.78, 5) is 6.88. The van der Waals surface area contributed by atoms with E-state index in [1.807, 2.05) is 19.2 Å². The number of aromatic nitrogens is 3. The lowest BCUT2D eigenvalue weighted by Crippen LogP contribution is -2.40. The maximum absolute atomic E-state index is 5.46. The first kappa shape index (κ1) is 26.0. The topological polar surface area (TPSA) is 76.8 Å². The number of halogens is 1. The van der Waals surface area contributed by atoms with Crippen LogP contribution in [0.2, 0.25) is 0 Å². The Kier molecular flexibility index (Phi) is 11.5. The van der Waals surface area contributed by atoms with Crippen molar-refractivity contribution >= 4 is 29.9 Å². The molecule has 9 heteroatoms. The van der Waals surface area contributed by atoms with E-state index in [0.29, 0.717) is 6.54 Å². The summed E-state index contributed by atoms with van der Waals surface area (Å²) in [5, 5.41) is 11.6. The lowest BCUT2D eigenvalue weighted by molar-refractivity contribution is 0.353. The maximum atomic E-state index is 5.46. The standard InChI is InChI=1S/C21H34N6O2.HI/c1-7-9-22-21(23-10-11-27-15-24-25-20(27)8-2)26(4)14-17-13-19(29-6)18(28-5)12-16(17)3;/h12-13,15H,7-11,14H2,1-6H3,(H,22,23);1H. The van der Waals surface area contributed by atoms with Gasteiger partial charge in [-0.05, 0) is 36.6 Å². The third kappa shape index (κ3) is 7.03. The number of nitrogens with zero attached hydrogens (tertiary/aromatic N) is 5. The van der Waals surface area contributed by atoms with Gasteiger partial charge in [-0.2, -0.15) is 0 Å². The summed E-state index contributed by atoms with van der Waals surface area (Å²) < 4.78 is 12.9. The first-order valence-electron chi connectivity index (χ1n) is 10.1. The quantitative estimate of drug-likeness (QED) is 0.289. The fourth-order valence-corrected chi connectivity index (χ4v) is 3.08. The summed E-state index contributed by atoms with van der Waals surface area (Å²) in [6.45, 7) is 9.34. The Hall–Kier alpha value is -2.04. The lowest BCUT2D eigenvalue weighted by Gasteiger charge is -2.24. The molecule has 0 radical (unpaired) electrons. The summed E-state index contributed by atoms with van der Waals surface area (Å²) in [5.74, 6) is 3.36. The summed E-state index contributed by atoms with van der Waals surface area (Å²) in [5.41, 5.74) is 2.32. The first-order valence-corrected chi connectivity index (χ1v) is 10.1. The van der Waals surface area contributed by atoms with Gasteiger partial charge in [-0.15, -0.1) is 34.2 Å². The van der Waals surface area contributed by atoms with Crippen LogP contribution in [-0.2, 0) is 19.5 Å². The Morgan fingerprint density at radius 1 is 1.20 bits per heavy atom. The fourth-order valence-electron chi connectivity index (χ4n) is 3.08. The van der Waals surface area contributed by atoms with Crippen molar-refractivity contribution in [2.45, 2.75) is 46.7 Å². The molecule has 0 amide bonds. The van der Waals surface area contributed by atoms with Gasteiger partial charge >= 0.3 is 0 Å². The van der Waals surface area contributed by atoms with Gasteiger partial charge in [0.25, 0.3) is 0 Å². The van der Waals surface area contributed by atoms with Crippen LogP contribution in [0.4, 0.5) is 0 Å². The van der Waals surface area contributed by atoms with Crippen LogP contribution in [0.15, 0.2) is 23.5 Å². The van der Waals surface area contributed by atoms with E-state index >= 15 is 0 Å². The maximum Gasteiger partial charge on any atom is 0.194 e. The van der Waals surface area contributed by atoms with Crippen molar-refractivity contribution in [3.63, 3.8) is 0 Å². The third-order valence-electron chi connectivity index (χ3n) is 4.74. The van der Waals surface area contributed by atoms with E-state index in [4.69, 9.17) is 14.5 Å². The second-order valence-corrected chi connectivity index (χ2v) is 6.92. The summed E-state index contributed by atoms with van der Waals surface area (Å²) >= 11 is 0. The Balaban J connectivity index is 0.00000450. The number of guanidine groups is 1. The Morgan fingerprint density at radius 3 is 2.53 bits per heavy atom. The predicted molar refractivity (Wildman–Crippen MR) is 131 cm³/mol. The van der Waals surface area contributed by atoms with E-state index in [0.717, 1.165) is 61.3 Å². The molecular weight excluding hydrogens is 495 g/mol. The Bertz CT molecular complexity index is 809. The molecule has 0 saturated carbocycles. The monoisotopic (exact) mass is 530 g/mol. The molecule has 1 N–H and O–H groups in total. The van der Waals surface area contributed by atoms with Gasteiger partial charge in [0.05, 0.1) is 14.2 Å². The number of aryl methyl sites for hydroxylation is 2.